The second kappa shape index (κ2) is 7.60. The Bertz CT molecular complexity index is 1410. The van der Waals surface area contributed by atoms with E-state index in [1.165, 1.54) is 40.8 Å². The van der Waals surface area contributed by atoms with Crippen LogP contribution in [0.5, 0.6) is 0 Å². The molecule has 0 saturated heterocycles. The number of benzene rings is 2. The smallest absolute Gasteiger partial charge is 0.265 e. The van der Waals surface area contributed by atoms with Gasteiger partial charge in [-0.05, 0) is 49.4 Å². The molecule has 154 valence electrons. The fraction of sp³-hybridized carbons (Fsp3) is 0.0476. The zero-order chi connectivity index (χ0) is 21.5. The van der Waals surface area contributed by atoms with Gasteiger partial charge in [-0.25, -0.2) is 18.7 Å². The Morgan fingerprint density at radius 3 is 2.74 bits per heavy atom. The van der Waals surface area contributed by atoms with Gasteiger partial charge in [-0.3, -0.25) is 4.79 Å². The molecule has 5 rings (SSSR count). The summed E-state index contributed by atoms with van der Waals surface area (Å²) in [6.07, 6.45) is 2.90. The first kappa shape index (κ1) is 19.4. The van der Waals surface area contributed by atoms with Gasteiger partial charge in [0.2, 0.25) is 0 Å². The third-order valence-electron chi connectivity index (χ3n) is 4.72. The predicted octanol–water partition coefficient (Wildman–Crippen LogP) is 5.02. The molecule has 0 atom stereocenters. The first-order valence-corrected chi connectivity index (χ1v) is 10.4. The average molecular weight is 453 g/mol. The number of fused-ring (bicyclic) bond motifs is 1. The predicted molar refractivity (Wildman–Crippen MR) is 118 cm³/mol. The summed E-state index contributed by atoms with van der Waals surface area (Å²) in [7, 11) is 0. The highest BCUT2D eigenvalue weighted by Crippen LogP contribution is 2.32. The molecule has 31 heavy (non-hydrogen) atoms. The molecule has 0 aliphatic carbocycles. The molecule has 7 nitrogen and oxygen atoms in total. The largest absolute Gasteiger partial charge is 0.319 e. The maximum absolute atomic E-state index is 13.3. The van der Waals surface area contributed by atoms with Gasteiger partial charge in [0, 0.05) is 5.39 Å². The number of carbonyl (C=O) groups excluding carboxylic acids is 1. The van der Waals surface area contributed by atoms with Crippen LogP contribution in [0.3, 0.4) is 0 Å². The fourth-order valence-corrected chi connectivity index (χ4v) is 4.61. The van der Waals surface area contributed by atoms with Crippen LogP contribution < -0.4 is 5.32 Å². The summed E-state index contributed by atoms with van der Waals surface area (Å²) in [6.45, 7) is 1.87. The minimum absolute atomic E-state index is 0.283. The monoisotopic (exact) mass is 452 g/mol. The van der Waals surface area contributed by atoms with Crippen molar-refractivity contribution < 1.29 is 9.18 Å². The van der Waals surface area contributed by atoms with Crippen molar-refractivity contribution >= 4 is 44.7 Å². The van der Waals surface area contributed by atoms with E-state index in [1.54, 1.807) is 41.1 Å². The molecule has 1 amide bonds. The Hall–Kier alpha value is -3.56. The van der Waals surface area contributed by atoms with Gasteiger partial charge in [-0.1, -0.05) is 17.7 Å². The van der Waals surface area contributed by atoms with E-state index in [4.69, 9.17) is 11.6 Å². The molecule has 0 saturated carbocycles. The van der Waals surface area contributed by atoms with Crippen molar-refractivity contribution in [2.45, 2.75) is 6.92 Å². The molecule has 0 fully saturated rings. The Morgan fingerprint density at radius 1 is 1.19 bits per heavy atom. The topological polar surface area (TPSA) is 77.6 Å². The van der Waals surface area contributed by atoms with Gasteiger partial charge in [-0.15, -0.1) is 11.3 Å². The van der Waals surface area contributed by atoms with Crippen molar-refractivity contribution in [1.29, 1.82) is 0 Å². The van der Waals surface area contributed by atoms with Crippen LogP contribution in [0.1, 0.15) is 15.4 Å². The van der Waals surface area contributed by atoms with Gasteiger partial charge >= 0.3 is 0 Å². The molecule has 0 spiro atoms. The number of aromatic nitrogens is 5. The maximum atomic E-state index is 13.3. The van der Waals surface area contributed by atoms with E-state index in [-0.39, 0.29) is 11.7 Å². The summed E-state index contributed by atoms with van der Waals surface area (Å²) in [4.78, 5) is 18.3. The van der Waals surface area contributed by atoms with Crippen LogP contribution in [0.2, 0.25) is 5.02 Å². The van der Waals surface area contributed by atoms with Gasteiger partial charge in [0.05, 0.1) is 27.0 Å². The van der Waals surface area contributed by atoms with Crippen molar-refractivity contribution in [2.75, 3.05) is 5.32 Å². The van der Waals surface area contributed by atoms with Crippen molar-refractivity contribution in [1.82, 2.24) is 24.5 Å². The number of nitrogens with zero attached hydrogens (tertiary/aromatic N) is 5. The van der Waals surface area contributed by atoms with Gasteiger partial charge in [0.25, 0.3) is 5.91 Å². The highest BCUT2D eigenvalue weighted by atomic mass is 35.5. The van der Waals surface area contributed by atoms with E-state index < -0.39 is 0 Å². The fourth-order valence-electron chi connectivity index (χ4n) is 3.27. The lowest BCUT2D eigenvalue weighted by atomic mass is 10.2. The van der Waals surface area contributed by atoms with Crippen molar-refractivity contribution in [3.63, 3.8) is 0 Å². The second-order valence-corrected chi connectivity index (χ2v) is 8.17. The van der Waals surface area contributed by atoms with Gasteiger partial charge < -0.3 is 5.32 Å². The molecule has 1 N–H and O–H groups in total. The van der Waals surface area contributed by atoms with Crippen LogP contribution >= 0.6 is 22.9 Å². The van der Waals surface area contributed by atoms with Crippen molar-refractivity contribution in [2.24, 2.45) is 0 Å². The van der Waals surface area contributed by atoms with E-state index in [9.17, 15) is 9.18 Å². The van der Waals surface area contributed by atoms with Crippen LogP contribution in [-0.2, 0) is 0 Å². The quantitative estimate of drug-likeness (QED) is 0.415. The summed E-state index contributed by atoms with van der Waals surface area (Å²) >= 11 is 7.65. The molecule has 0 unspecified atom stereocenters. The number of nitrogens with one attached hydrogen (secondary N) is 1. The Labute approximate surface area is 184 Å². The number of rotatable bonds is 4. The number of para-hydroxylation sites is 1. The van der Waals surface area contributed by atoms with Crippen molar-refractivity contribution in [3.05, 3.63) is 82.6 Å². The molecule has 5 aromatic rings. The minimum Gasteiger partial charge on any atom is -0.319 e. The number of thiophene rings is 1. The first-order valence-electron chi connectivity index (χ1n) is 9.21. The molecule has 3 aromatic heterocycles. The molecule has 0 aliphatic heterocycles. The minimum atomic E-state index is -0.320. The molecular weight excluding hydrogens is 439 g/mol. The van der Waals surface area contributed by atoms with Crippen LogP contribution in [0.15, 0.2) is 61.2 Å². The highest BCUT2D eigenvalue weighted by Gasteiger charge is 2.19. The van der Waals surface area contributed by atoms with Gasteiger partial charge in [-0.2, -0.15) is 10.2 Å². The van der Waals surface area contributed by atoms with E-state index in [0.717, 1.165) is 21.6 Å². The molecule has 0 aliphatic rings. The van der Waals surface area contributed by atoms with E-state index in [1.807, 2.05) is 6.92 Å². The standard InChI is InChI=1S/C21H14ClFN6OS/c1-12-15-9-18(31-21(15)29(27-12)14-7-5-13(23)6-8-14)20(30)26-17-4-2-3-16(22)19(17)28-11-24-10-25-28/h2-11H,1H3,(H,26,30). The number of amides is 1. The lowest BCUT2D eigenvalue weighted by molar-refractivity contribution is 0.103. The van der Waals surface area contributed by atoms with Crippen LogP contribution in [-0.4, -0.2) is 30.5 Å². The lowest BCUT2D eigenvalue weighted by Crippen LogP contribution is -2.13. The molecule has 0 radical (unpaired) electrons. The van der Waals surface area contributed by atoms with E-state index in [2.05, 4.69) is 20.5 Å². The molecule has 3 heterocycles. The van der Waals surface area contributed by atoms with E-state index in [0.29, 0.717) is 21.3 Å². The number of aryl methyl sites for hydroxylation is 1. The molecule has 10 heteroatoms. The normalized spacial score (nSPS) is 11.2. The number of hydrogen-bond acceptors (Lipinski definition) is 5. The van der Waals surface area contributed by atoms with Crippen molar-refractivity contribution in [3.8, 4) is 11.4 Å². The number of carbonyl (C=O) groups is 1. The molecule has 0 bridgehead atoms. The van der Waals surface area contributed by atoms with E-state index >= 15 is 0 Å². The Balaban J connectivity index is 1.51. The summed E-state index contributed by atoms with van der Waals surface area (Å²) in [5.41, 5.74) is 2.54. The number of hydrogen-bond donors (Lipinski definition) is 1. The zero-order valence-corrected chi connectivity index (χ0v) is 17.7. The SMILES string of the molecule is Cc1nn(-c2ccc(F)cc2)c2sc(C(=O)Nc3cccc(Cl)c3-n3cncn3)cc12. The summed E-state index contributed by atoms with van der Waals surface area (Å²) < 4.78 is 16.5. The summed E-state index contributed by atoms with van der Waals surface area (Å²) in [5.74, 6) is -0.602. The maximum Gasteiger partial charge on any atom is 0.265 e. The third-order valence-corrected chi connectivity index (χ3v) is 6.14. The highest BCUT2D eigenvalue weighted by molar-refractivity contribution is 7.20. The summed E-state index contributed by atoms with van der Waals surface area (Å²) in [6, 6.07) is 13.1. The van der Waals surface area contributed by atoms with Crippen LogP contribution in [0.25, 0.3) is 21.6 Å². The number of anilines is 1. The average Bonchev–Trinajstić information content (AvgIpc) is 3.48. The zero-order valence-electron chi connectivity index (χ0n) is 16.1. The Kier molecular flexibility index (Phi) is 4.76. The molecular formula is C21H14ClFN6OS. The molecule has 2 aromatic carbocycles. The van der Waals surface area contributed by atoms with Gasteiger partial charge in [0.15, 0.2) is 0 Å². The first-order chi connectivity index (χ1) is 15.0. The number of halogens is 2. The summed E-state index contributed by atoms with van der Waals surface area (Å²) in [5, 5.41) is 12.8. The van der Waals surface area contributed by atoms with Gasteiger partial charge in [0.1, 0.15) is 29.0 Å². The van der Waals surface area contributed by atoms with Crippen LogP contribution in [0.4, 0.5) is 10.1 Å². The Morgan fingerprint density at radius 2 is 2.00 bits per heavy atom. The third kappa shape index (κ3) is 3.47. The lowest BCUT2D eigenvalue weighted by Gasteiger charge is -2.11. The second-order valence-electron chi connectivity index (χ2n) is 6.73. The van der Waals surface area contributed by atoms with Crippen LogP contribution in [0, 0.1) is 12.7 Å².